The molecule has 3 aliphatic carbocycles. The molecule has 3 saturated carbocycles. The van der Waals surface area contributed by atoms with E-state index in [0.717, 1.165) is 106 Å². The number of nitrogens with zero attached hydrogens (tertiary/aromatic N) is 3. The number of hydrogen-bond donors (Lipinski definition) is 3. The van der Waals surface area contributed by atoms with Crippen molar-refractivity contribution in [1.29, 1.82) is 0 Å². The molecule has 5 atom stereocenters. The van der Waals surface area contributed by atoms with Crippen LogP contribution in [0.3, 0.4) is 0 Å². The number of fused-ring (bicyclic) bond motifs is 5. The van der Waals surface area contributed by atoms with Crippen molar-refractivity contribution in [3.63, 3.8) is 0 Å². The zero-order valence-electron chi connectivity index (χ0n) is 38.0. The molecule has 3 N–H and O–H groups in total. The van der Waals surface area contributed by atoms with Crippen LogP contribution < -0.4 is 24.8 Å². The number of ether oxygens (including phenoxy) is 4. The maximum atomic E-state index is 15.1. The molecule has 15 nitrogen and oxygen atoms in total. The van der Waals surface area contributed by atoms with E-state index in [9.17, 15) is 13.2 Å². The van der Waals surface area contributed by atoms with Gasteiger partial charge in [-0.25, -0.2) is 13.4 Å². The Balaban J connectivity index is 1.02. The summed E-state index contributed by atoms with van der Waals surface area (Å²) in [5.41, 5.74) is 0.101. The highest BCUT2D eigenvalue weighted by atomic mass is 32.2. The fourth-order valence-electron chi connectivity index (χ4n) is 10.6. The van der Waals surface area contributed by atoms with Gasteiger partial charge in [-0.2, -0.15) is 0 Å². The number of benzene rings is 1. The van der Waals surface area contributed by atoms with E-state index in [2.05, 4.69) is 46.2 Å². The van der Waals surface area contributed by atoms with Crippen LogP contribution in [0.5, 0.6) is 11.5 Å². The molecule has 64 heavy (non-hydrogen) atoms. The number of pyridine rings is 1. The Morgan fingerprint density at radius 2 is 1.83 bits per heavy atom. The highest BCUT2D eigenvalue weighted by molar-refractivity contribution is 7.91. The summed E-state index contributed by atoms with van der Waals surface area (Å²) in [5, 5.41) is 7.51. The first-order valence-electron chi connectivity index (χ1n) is 24.1. The van der Waals surface area contributed by atoms with Crippen LogP contribution in [0.15, 0.2) is 30.4 Å². The summed E-state index contributed by atoms with van der Waals surface area (Å²) in [6, 6.07) is 4.44. The number of carbonyl (C=O) groups excluding carboxylic acids is 3. The van der Waals surface area contributed by atoms with Crippen molar-refractivity contribution in [3.05, 3.63) is 41.6 Å². The van der Waals surface area contributed by atoms with E-state index in [0.29, 0.717) is 57.3 Å². The number of allylic oxidation sites excluding steroid dienone is 1. The molecule has 5 fully saturated rings. The van der Waals surface area contributed by atoms with Crippen LogP contribution in [0.4, 0.5) is 0 Å². The van der Waals surface area contributed by atoms with E-state index in [1.54, 1.807) is 11.8 Å². The van der Waals surface area contributed by atoms with E-state index in [1.807, 2.05) is 18.2 Å². The molecule has 7 aliphatic rings. The number of amides is 3. The Morgan fingerprint density at radius 1 is 1.02 bits per heavy atom. The summed E-state index contributed by atoms with van der Waals surface area (Å²) in [6.45, 7) is 10.8. The summed E-state index contributed by atoms with van der Waals surface area (Å²) in [6.07, 6.45) is 14.9. The lowest BCUT2D eigenvalue weighted by molar-refractivity contribution is -0.145. The summed E-state index contributed by atoms with van der Waals surface area (Å²) in [4.78, 5) is 53.5. The Labute approximate surface area is 378 Å². The molecule has 1 aromatic carbocycles. The molecule has 1 aromatic heterocycles. The van der Waals surface area contributed by atoms with Gasteiger partial charge in [-0.05, 0) is 116 Å². The second-order valence-electron chi connectivity index (χ2n) is 20.1. The fraction of sp³-hybridized carbons (Fsp3) is 0.708. The average molecular weight is 905 g/mol. The topological polar surface area (TPSA) is 178 Å². The smallest absolute Gasteiger partial charge is 0.259 e. The zero-order chi connectivity index (χ0) is 44.7. The third kappa shape index (κ3) is 9.02. The van der Waals surface area contributed by atoms with Crippen LogP contribution in [-0.4, -0.2) is 127 Å². The summed E-state index contributed by atoms with van der Waals surface area (Å²) in [5.74, 6) is -0.359. The van der Waals surface area contributed by atoms with Crippen molar-refractivity contribution in [1.82, 2.24) is 30.1 Å². The molecule has 5 unspecified atom stereocenters. The number of aromatic nitrogens is 1. The van der Waals surface area contributed by atoms with Crippen molar-refractivity contribution in [3.8, 4) is 11.5 Å². The van der Waals surface area contributed by atoms with E-state index >= 15 is 9.59 Å². The van der Waals surface area contributed by atoms with Gasteiger partial charge in [0, 0.05) is 42.9 Å². The lowest BCUT2D eigenvalue weighted by Gasteiger charge is -2.48. The zero-order valence-corrected chi connectivity index (χ0v) is 38.8. The number of sulfonamides is 1. The van der Waals surface area contributed by atoms with Gasteiger partial charge in [0.1, 0.15) is 35.3 Å². The molecule has 5 heterocycles. The van der Waals surface area contributed by atoms with E-state index in [4.69, 9.17) is 23.9 Å². The number of rotatable bonds is 12. The van der Waals surface area contributed by atoms with Crippen LogP contribution in [0, 0.1) is 5.92 Å². The minimum atomic E-state index is -3.98. The highest BCUT2D eigenvalue weighted by Gasteiger charge is 2.59. The second-order valence-corrected chi connectivity index (χ2v) is 22.3. The first-order chi connectivity index (χ1) is 30.7. The summed E-state index contributed by atoms with van der Waals surface area (Å²) < 4.78 is 53.5. The molecule has 350 valence electrons. The van der Waals surface area contributed by atoms with Crippen molar-refractivity contribution in [2.24, 2.45) is 5.92 Å². The number of morpholine rings is 1. The van der Waals surface area contributed by atoms with Gasteiger partial charge in [-0.15, -0.1) is 0 Å². The summed E-state index contributed by atoms with van der Waals surface area (Å²) >= 11 is 0. The molecular formula is C48H68N6O9S. The van der Waals surface area contributed by atoms with Crippen LogP contribution >= 0.6 is 0 Å². The van der Waals surface area contributed by atoms with Gasteiger partial charge in [0.05, 0.1) is 54.1 Å². The predicted molar refractivity (Wildman–Crippen MR) is 241 cm³/mol. The highest BCUT2D eigenvalue weighted by Crippen LogP contribution is 2.48. The van der Waals surface area contributed by atoms with Gasteiger partial charge in [0.15, 0.2) is 0 Å². The van der Waals surface area contributed by atoms with Crippen LogP contribution in [-0.2, 0) is 46.7 Å². The van der Waals surface area contributed by atoms with Gasteiger partial charge in [0.2, 0.25) is 21.8 Å². The molecule has 2 aromatic rings. The number of carbonyl (C=O) groups is 3. The standard InChI is InChI=1S/C48H68N6O9S/c1-4-37-41-35(36-29-34(13-14-38(36)50-37)61-28-25-53-23-26-60-27-24-53)16-19-47(63-41)30-40-42(55)51-48(44(57)52-64(58,59)46(3)21-22-46)20-15-33(48)11-8-6-5-7-9-12-39(43(56)54(40)31-47)49-32-62-45(2)17-10-18-45/h8,11,13-14,29,33,39-40,49H,4-7,9-10,12,15-28,30-32H2,1-3H3,(H,51,55)(H,52,57). The van der Waals surface area contributed by atoms with Crippen molar-refractivity contribution < 1.29 is 41.7 Å². The number of aryl methyl sites for hydroxylation is 2. The minimum Gasteiger partial charge on any atom is -0.492 e. The maximum Gasteiger partial charge on any atom is 0.259 e. The molecule has 9 rings (SSSR count). The van der Waals surface area contributed by atoms with Gasteiger partial charge >= 0.3 is 0 Å². The predicted octanol–water partition coefficient (Wildman–Crippen LogP) is 4.83. The lowest BCUT2D eigenvalue weighted by Crippen LogP contribution is -2.70. The molecule has 0 bridgehead atoms. The summed E-state index contributed by atoms with van der Waals surface area (Å²) in [7, 11) is -3.98. The molecule has 3 amide bonds. The quantitative estimate of drug-likeness (QED) is 0.196. The van der Waals surface area contributed by atoms with Crippen molar-refractivity contribution in [2.75, 3.05) is 52.7 Å². The first-order valence-corrected chi connectivity index (χ1v) is 25.5. The maximum absolute atomic E-state index is 15.1. The molecule has 16 heteroatoms. The monoisotopic (exact) mass is 904 g/mol. The fourth-order valence-corrected chi connectivity index (χ4v) is 11.9. The Bertz CT molecular complexity index is 2240. The van der Waals surface area contributed by atoms with Crippen LogP contribution in [0.1, 0.15) is 122 Å². The lowest BCUT2D eigenvalue weighted by atomic mass is 9.65. The third-order valence-electron chi connectivity index (χ3n) is 15.6. The van der Waals surface area contributed by atoms with Crippen molar-refractivity contribution >= 4 is 38.6 Å². The van der Waals surface area contributed by atoms with Gasteiger partial charge < -0.3 is 29.2 Å². The van der Waals surface area contributed by atoms with Gasteiger partial charge in [-0.1, -0.05) is 31.9 Å². The largest absolute Gasteiger partial charge is 0.492 e. The number of hydrogen-bond acceptors (Lipinski definition) is 12. The Hall–Kier alpha value is -3.83. The average Bonchev–Trinajstić information content (AvgIpc) is 3.94. The van der Waals surface area contributed by atoms with Gasteiger partial charge in [-0.3, -0.25) is 29.3 Å². The second kappa shape index (κ2) is 18.1. The SMILES string of the molecule is CCc1nc2ccc(OCCN3CCOCC3)cc2c2c1OC1(CC2)CC2C(=O)NC3(C(=O)NS(=O)(=O)C4(C)CC4)CCC3C=CCCCCCC(NCOC3(C)CCC3)C(=O)N2C1. The molecular weight excluding hydrogens is 837 g/mol. The molecule has 4 aliphatic heterocycles. The Kier molecular flexibility index (Phi) is 12.8. The molecule has 2 saturated heterocycles. The Morgan fingerprint density at radius 3 is 2.55 bits per heavy atom. The van der Waals surface area contributed by atoms with Gasteiger partial charge in [0.25, 0.3) is 5.91 Å². The molecule has 1 spiro atoms. The van der Waals surface area contributed by atoms with Crippen LogP contribution in [0.2, 0.25) is 0 Å². The number of nitrogens with one attached hydrogen (secondary N) is 3. The van der Waals surface area contributed by atoms with Crippen molar-refractivity contribution in [2.45, 2.75) is 157 Å². The third-order valence-corrected chi connectivity index (χ3v) is 17.8. The van der Waals surface area contributed by atoms with E-state index < -0.39 is 55.7 Å². The minimum absolute atomic E-state index is 0.168. The first kappa shape index (κ1) is 45.3. The van der Waals surface area contributed by atoms with Crippen LogP contribution in [0.25, 0.3) is 10.9 Å². The van der Waals surface area contributed by atoms with E-state index in [-0.39, 0.29) is 37.6 Å². The molecule has 0 radical (unpaired) electrons. The van der Waals surface area contributed by atoms with E-state index in [1.165, 1.54) is 0 Å². The normalized spacial score (nSPS) is 30.4.